The first-order valence-corrected chi connectivity index (χ1v) is 10.8. The van der Waals surface area contributed by atoms with E-state index in [2.05, 4.69) is 15.6 Å². The van der Waals surface area contributed by atoms with E-state index in [4.69, 9.17) is 27.9 Å². The molecule has 0 fully saturated rings. The zero-order chi connectivity index (χ0) is 18.9. The van der Waals surface area contributed by atoms with Gasteiger partial charge in [0.15, 0.2) is 5.96 Å². The Labute approximate surface area is 159 Å². The standard InChI is InChI=1S/C16H25Cl2N3O3S/c1-12(7-10-25(3,22)23)21-16(19-2)20-8-4-9-24-15-6-5-13(17)11-14(15)18/h5-6,11-12H,4,7-10H2,1-3H3,(H2,19,20,21). The van der Waals surface area contributed by atoms with Gasteiger partial charge in [-0.3, -0.25) is 4.99 Å². The smallest absolute Gasteiger partial charge is 0.191 e. The van der Waals surface area contributed by atoms with Crippen LogP contribution in [0.5, 0.6) is 5.75 Å². The minimum atomic E-state index is -2.95. The van der Waals surface area contributed by atoms with Crippen LogP contribution in [0.15, 0.2) is 23.2 Å². The number of nitrogens with one attached hydrogen (secondary N) is 2. The van der Waals surface area contributed by atoms with E-state index in [1.807, 2.05) is 6.92 Å². The molecule has 6 nitrogen and oxygen atoms in total. The molecule has 0 aromatic heterocycles. The SMILES string of the molecule is CN=C(NCCCOc1ccc(Cl)cc1Cl)NC(C)CCS(C)(=O)=O. The quantitative estimate of drug-likeness (QED) is 0.372. The number of ether oxygens (including phenoxy) is 1. The van der Waals surface area contributed by atoms with Gasteiger partial charge in [0.2, 0.25) is 0 Å². The van der Waals surface area contributed by atoms with Gasteiger partial charge >= 0.3 is 0 Å². The summed E-state index contributed by atoms with van der Waals surface area (Å²) in [6.07, 6.45) is 2.51. The zero-order valence-electron chi connectivity index (χ0n) is 14.7. The number of guanidine groups is 1. The number of aliphatic imine (C=N–C) groups is 1. The largest absolute Gasteiger partial charge is 0.492 e. The third-order valence-corrected chi connectivity index (χ3v) is 4.80. The summed E-state index contributed by atoms with van der Waals surface area (Å²) in [6.45, 7) is 3.07. The molecule has 2 N–H and O–H groups in total. The Morgan fingerprint density at radius 2 is 2.08 bits per heavy atom. The van der Waals surface area contributed by atoms with Crippen molar-refractivity contribution in [3.63, 3.8) is 0 Å². The fourth-order valence-corrected chi connectivity index (χ4v) is 3.19. The molecular formula is C16H25Cl2N3O3S. The lowest BCUT2D eigenvalue weighted by atomic mass is 10.3. The average Bonchev–Trinajstić information content (AvgIpc) is 2.52. The number of hydrogen-bond acceptors (Lipinski definition) is 4. The molecule has 0 aliphatic heterocycles. The van der Waals surface area contributed by atoms with E-state index >= 15 is 0 Å². The van der Waals surface area contributed by atoms with Gasteiger partial charge in [-0.05, 0) is 38.0 Å². The first kappa shape index (κ1) is 21.9. The van der Waals surface area contributed by atoms with Crippen LogP contribution in [0.3, 0.4) is 0 Å². The maximum atomic E-state index is 11.2. The van der Waals surface area contributed by atoms with E-state index in [0.29, 0.717) is 41.3 Å². The molecule has 1 aromatic rings. The van der Waals surface area contributed by atoms with Crippen LogP contribution in [0.2, 0.25) is 10.0 Å². The number of nitrogens with zero attached hydrogens (tertiary/aromatic N) is 1. The Kier molecular flexibility index (Phi) is 9.38. The summed E-state index contributed by atoms with van der Waals surface area (Å²) in [5, 5.41) is 7.38. The maximum Gasteiger partial charge on any atom is 0.191 e. The zero-order valence-corrected chi connectivity index (χ0v) is 17.0. The van der Waals surface area contributed by atoms with Gasteiger partial charge in [0.1, 0.15) is 15.6 Å². The van der Waals surface area contributed by atoms with E-state index in [0.717, 1.165) is 6.42 Å². The number of sulfone groups is 1. The molecule has 0 bridgehead atoms. The van der Waals surface area contributed by atoms with Gasteiger partial charge < -0.3 is 15.4 Å². The van der Waals surface area contributed by atoms with E-state index in [1.54, 1.807) is 25.2 Å². The highest BCUT2D eigenvalue weighted by Crippen LogP contribution is 2.27. The minimum absolute atomic E-state index is 0.00467. The highest BCUT2D eigenvalue weighted by atomic mass is 35.5. The third kappa shape index (κ3) is 9.77. The summed E-state index contributed by atoms with van der Waals surface area (Å²) in [4.78, 5) is 4.12. The van der Waals surface area contributed by atoms with Crippen LogP contribution in [0.25, 0.3) is 0 Å². The number of rotatable bonds is 9. The molecule has 0 saturated heterocycles. The van der Waals surface area contributed by atoms with Crippen molar-refractivity contribution in [2.45, 2.75) is 25.8 Å². The van der Waals surface area contributed by atoms with Crippen molar-refractivity contribution in [3.05, 3.63) is 28.2 Å². The van der Waals surface area contributed by atoms with Gasteiger partial charge in [-0.2, -0.15) is 0 Å². The third-order valence-electron chi connectivity index (χ3n) is 3.29. The lowest BCUT2D eigenvalue weighted by Crippen LogP contribution is -2.43. The fourth-order valence-electron chi connectivity index (χ4n) is 1.94. The topological polar surface area (TPSA) is 79.8 Å². The van der Waals surface area contributed by atoms with Crippen molar-refractivity contribution < 1.29 is 13.2 Å². The van der Waals surface area contributed by atoms with Gasteiger partial charge in [-0.15, -0.1) is 0 Å². The Hall–Kier alpha value is -1.18. The molecular weight excluding hydrogens is 385 g/mol. The lowest BCUT2D eigenvalue weighted by molar-refractivity contribution is 0.311. The number of benzene rings is 1. The molecule has 1 atom stereocenters. The summed E-state index contributed by atoms with van der Waals surface area (Å²) in [5.41, 5.74) is 0. The van der Waals surface area contributed by atoms with E-state index in [1.165, 1.54) is 6.26 Å². The van der Waals surface area contributed by atoms with Crippen LogP contribution in [0.4, 0.5) is 0 Å². The second-order valence-electron chi connectivity index (χ2n) is 5.74. The summed E-state index contributed by atoms with van der Waals surface area (Å²) >= 11 is 11.9. The highest BCUT2D eigenvalue weighted by Gasteiger charge is 2.09. The molecule has 25 heavy (non-hydrogen) atoms. The second kappa shape index (κ2) is 10.7. The molecule has 9 heteroatoms. The van der Waals surface area contributed by atoms with Crippen LogP contribution < -0.4 is 15.4 Å². The summed E-state index contributed by atoms with van der Waals surface area (Å²) < 4.78 is 28.0. The van der Waals surface area contributed by atoms with Gasteiger partial charge in [0, 0.05) is 30.9 Å². The van der Waals surface area contributed by atoms with E-state index in [9.17, 15) is 8.42 Å². The summed E-state index contributed by atoms with van der Waals surface area (Å²) in [5.74, 6) is 1.38. The molecule has 142 valence electrons. The molecule has 1 unspecified atom stereocenters. The summed E-state index contributed by atoms with van der Waals surface area (Å²) in [7, 11) is -1.29. The van der Waals surface area contributed by atoms with Crippen LogP contribution in [0.1, 0.15) is 19.8 Å². The van der Waals surface area contributed by atoms with Crippen LogP contribution in [-0.2, 0) is 9.84 Å². The second-order valence-corrected chi connectivity index (χ2v) is 8.84. The van der Waals surface area contributed by atoms with Crippen LogP contribution >= 0.6 is 23.2 Å². The van der Waals surface area contributed by atoms with Crippen molar-refractivity contribution in [2.24, 2.45) is 4.99 Å². The normalized spacial score (nSPS) is 13.4. The molecule has 0 aliphatic rings. The lowest BCUT2D eigenvalue weighted by Gasteiger charge is -2.17. The molecule has 0 radical (unpaired) electrons. The van der Waals surface area contributed by atoms with E-state index < -0.39 is 9.84 Å². The molecule has 1 aromatic carbocycles. The molecule has 1 rings (SSSR count). The first-order valence-electron chi connectivity index (χ1n) is 7.94. The monoisotopic (exact) mass is 409 g/mol. The molecule has 0 aliphatic carbocycles. The average molecular weight is 410 g/mol. The van der Waals surface area contributed by atoms with Gasteiger partial charge in [-0.25, -0.2) is 8.42 Å². The predicted octanol–water partition coefficient (Wildman–Crippen LogP) is 2.75. The predicted molar refractivity (Wildman–Crippen MR) is 105 cm³/mol. The van der Waals surface area contributed by atoms with Crippen molar-refractivity contribution in [3.8, 4) is 5.75 Å². The maximum absolute atomic E-state index is 11.2. The van der Waals surface area contributed by atoms with Crippen molar-refractivity contribution >= 4 is 39.0 Å². The Balaban J connectivity index is 2.26. The van der Waals surface area contributed by atoms with Crippen molar-refractivity contribution in [1.29, 1.82) is 0 Å². The first-order chi connectivity index (χ1) is 11.7. The number of halogens is 2. The molecule has 0 saturated carbocycles. The van der Waals surface area contributed by atoms with Crippen LogP contribution in [0, 0.1) is 0 Å². The Bertz CT molecular complexity index is 681. The van der Waals surface area contributed by atoms with Gasteiger partial charge in [0.05, 0.1) is 17.4 Å². The minimum Gasteiger partial charge on any atom is -0.492 e. The fraction of sp³-hybridized carbons (Fsp3) is 0.562. The molecule has 0 amide bonds. The number of hydrogen-bond donors (Lipinski definition) is 2. The van der Waals surface area contributed by atoms with Gasteiger partial charge in [-0.1, -0.05) is 23.2 Å². The van der Waals surface area contributed by atoms with Gasteiger partial charge in [0.25, 0.3) is 0 Å². The van der Waals surface area contributed by atoms with Crippen molar-refractivity contribution in [2.75, 3.05) is 32.2 Å². The molecule has 0 spiro atoms. The van der Waals surface area contributed by atoms with E-state index in [-0.39, 0.29) is 11.8 Å². The molecule has 0 heterocycles. The highest BCUT2D eigenvalue weighted by molar-refractivity contribution is 7.90. The Morgan fingerprint density at radius 1 is 1.36 bits per heavy atom. The Morgan fingerprint density at radius 3 is 2.68 bits per heavy atom. The summed E-state index contributed by atoms with van der Waals surface area (Å²) in [6, 6.07) is 5.11. The van der Waals surface area contributed by atoms with Crippen molar-refractivity contribution in [1.82, 2.24) is 10.6 Å². The van der Waals surface area contributed by atoms with Crippen LogP contribution in [-0.4, -0.2) is 52.6 Å².